The number of ether oxygens (including phenoxy) is 1. The normalized spacial score (nSPS) is 11.7. The standard InChI is InChI=1S/C16H13ClF2N4O3/c1-23-7-10(6-20-23)8-25-9-13(24)11-2-4-12(5-3-11)14-21-15(26-22-14)16(17,18)19/h2-7H,8-9H2,1H3. The molecular formula is C16H13ClF2N4O3. The molecule has 0 unspecified atom stereocenters. The van der Waals surface area contributed by atoms with Gasteiger partial charge in [0.05, 0.1) is 12.8 Å². The van der Waals surface area contributed by atoms with E-state index in [4.69, 9.17) is 16.3 Å². The Kier molecular flexibility index (Phi) is 5.10. The smallest absolute Gasteiger partial charge is 0.368 e. The van der Waals surface area contributed by atoms with Gasteiger partial charge in [-0.1, -0.05) is 29.4 Å². The van der Waals surface area contributed by atoms with E-state index in [0.717, 1.165) is 5.56 Å². The molecule has 0 aliphatic carbocycles. The SMILES string of the molecule is Cn1cc(COCC(=O)c2ccc(-c3noc(C(F)(F)Cl)n3)cc2)cn1. The van der Waals surface area contributed by atoms with Crippen LogP contribution < -0.4 is 0 Å². The topological polar surface area (TPSA) is 83.0 Å². The molecule has 0 aliphatic rings. The minimum absolute atomic E-state index is 0.0489. The number of nitrogens with zero attached hydrogens (tertiary/aromatic N) is 4. The fourth-order valence-corrected chi connectivity index (χ4v) is 2.23. The zero-order chi connectivity index (χ0) is 18.7. The van der Waals surface area contributed by atoms with Crippen LogP contribution in [0.1, 0.15) is 21.8 Å². The van der Waals surface area contributed by atoms with E-state index < -0.39 is 11.3 Å². The molecule has 0 saturated heterocycles. The van der Waals surface area contributed by atoms with Crippen molar-refractivity contribution in [2.45, 2.75) is 12.0 Å². The number of rotatable bonds is 7. The summed E-state index contributed by atoms with van der Waals surface area (Å²) in [5.74, 6) is -1.26. The molecule has 10 heteroatoms. The summed E-state index contributed by atoms with van der Waals surface area (Å²) in [4.78, 5) is 15.6. The second-order valence-corrected chi connectivity index (χ2v) is 5.91. The lowest BCUT2D eigenvalue weighted by Gasteiger charge is -2.03. The third kappa shape index (κ3) is 4.30. The number of hydrogen-bond donors (Lipinski definition) is 0. The molecule has 0 bridgehead atoms. The van der Waals surface area contributed by atoms with Crippen molar-refractivity contribution in [1.82, 2.24) is 19.9 Å². The number of Topliss-reactive ketones (excluding diaryl/α,β-unsaturated/α-hetero) is 1. The zero-order valence-electron chi connectivity index (χ0n) is 13.5. The second kappa shape index (κ2) is 7.30. The van der Waals surface area contributed by atoms with Gasteiger partial charge in [0.2, 0.25) is 5.82 Å². The van der Waals surface area contributed by atoms with E-state index in [1.807, 2.05) is 0 Å². The van der Waals surface area contributed by atoms with Gasteiger partial charge in [0.1, 0.15) is 6.61 Å². The summed E-state index contributed by atoms with van der Waals surface area (Å²) in [5, 5.41) is 3.72. The number of hydrogen-bond acceptors (Lipinski definition) is 6. The predicted molar refractivity (Wildman–Crippen MR) is 86.7 cm³/mol. The van der Waals surface area contributed by atoms with Gasteiger partial charge in [-0.05, 0) is 11.6 Å². The van der Waals surface area contributed by atoms with Crippen molar-refractivity contribution in [3.63, 3.8) is 0 Å². The summed E-state index contributed by atoms with van der Waals surface area (Å²) >= 11 is 4.83. The highest BCUT2D eigenvalue weighted by Crippen LogP contribution is 2.32. The molecule has 2 heterocycles. The molecule has 26 heavy (non-hydrogen) atoms. The molecule has 0 N–H and O–H groups in total. The molecule has 0 fully saturated rings. The van der Waals surface area contributed by atoms with Crippen molar-refractivity contribution < 1.29 is 22.8 Å². The predicted octanol–water partition coefficient (Wildman–Crippen LogP) is 3.16. The summed E-state index contributed by atoms with van der Waals surface area (Å²) in [6, 6.07) is 6.10. The number of carbonyl (C=O) groups excluding carboxylic acids is 1. The number of alkyl halides is 3. The third-order valence-electron chi connectivity index (χ3n) is 3.39. The van der Waals surface area contributed by atoms with Gasteiger partial charge in [-0.2, -0.15) is 18.9 Å². The first-order chi connectivity index (χ1) is 12.3. The molecule has 3 rings (SSSR count). The van der Waals surface area contributed by atoms with Crippen molar-refractivity contribution in [2.24, 2.45) is 7.05 Å². The molecule has 3 aromatic rings. The van der Waals surface area contributed by atoms with Crippen LogP contribution in [0.5, 0.6) is 0 Å². The van der Waals surface area contributed by atoms with Gasteiger partial charge < -0.3 is 9.26 Å². The minimum atomic E-state index is -3.73. The van der Waals surface area contributed by atoms with E-state index in [1.165, 1.54) is 24.3 Å². The monoisotopic (exact) mass is 382 g/mol. The fourth-order valence-electron chi connectivity index (χ4n) is 2.15. The molecule has 1 aromatic carbocycles. The van der Waals surface area contributed by atoms with Crippen molar-refractivity contribution in [3.8, 4) is 11.4 Å². The first-order valence-corrected chi connectivity index (χ1v) is 7.80. The number of carbonyl (C=O) groups is 1. The molecule has 0 spiro atoms. The zero-order valence-corrected chi connectivity index (χ0v) is 14.3. The lowest BCUT2D eigenvalue weighted by molar-refractivity contribution is 0.0551. The summed E-state index contributed by atoms with van der Waals surface area (Å²) < 4.78 is 37.2. The van der Waals surface area contributed by atoms with Crippen molar-refractivity contribution in [1.29, 1.82) is 0 Å². The molecule has 136 valence electrons. The number of aryl methyl sites for hydroxylation is 1. The van der Waals surface area contributed by atoms with Gasteiger partial charge >= 0.3 is 11.3 Å². The van der Waals surface area contributed by atoms with E-state index in [1.54, 1.807) is 24.1 Å². The lowest BCUT2D eigenvalue weighted by atomic mass is 10.1. The highest BCUT2D eigenvalue weighted by atomic mass is 35.5. The van der Waals surface area contributed by atoms with E-state index >= 15 is 0 Å². The van der Waals surface area contributed by atoms with Gasteiger partial charge in [0.15, 0.2) is 5.78 Å². The molecule has 0 saturated carbocycles. The Hall–Kier alpha value is -2.65. The number of aromatic nitrogens is 4. The van der Waals surface area contributed by atoms with Crippen LogP contribution in [0.25, 0.3) is 11.4 Å². The van der Waals surface area contributed by atoms with Gasteiger partial charge in [0.25, 0.3) is 0 Å². The molecule has 7 nitrogen and oxygen atoms in total. The average molecular weight is 383 g/mol. The Labute approximate surface area is 151 Å². The highest BCUT2D eigenvalue weighted by Gasteiger charge is 2.35. The van der Waals surface area contributed by atoms with Crippen molar-refractivity contribution >= 4 is 17.4 Å². The molecule has 0 radical (unpaired) electrons. The van der Waals surface area contributed by atoms with Crippen LogP contribution in [0, 0.1) is 0 Å². The van der Waals surface area contributed by atoms with Crippen LogP contribution in [-0.2, 0) is 23.8 Å². The maximum Gasteiger partial charge on any atom is 0.400 e. The van der Waals surface area contributed by atoms with E-state index in [9.17, 15) is 13.6 Å². The largest absolute Gasteiger partial charge is 0.400 e. The van der Waals surface area contributed by atoms with Crippen LogP contribution in [0.15, 0.2) is 41.2 Å². The first-order valence-electron chi connectivity index (χ1n) is 7.43. The minimum Gasteiger partial charge on any atom is -0.368 e. The average Bonchev–Trinajstić information content (AvgIpc) is 3.24. The van der Waals surface area contributed by atoms with Crippen LogP contribution in [0.4, 0.5) is 8.78 Å². The quantitative estimate of drug-likeness (QED) is 0.461. The van der Waals surface area contributed by atoms with Gasteiger partial charge in [0, 0.05) is 29.9 Å². The van der Waals surface area contributed by atoms with E-state index in [-0.39, 0.29) is 24.8 Å². The molecule has 2 aromatic heterocycles. The third-order valence-corrected chi connectivity index (χ3v) is 3.56. The van der Waals surface area contributed by atoms with Gasteiger partial charge in [-0.15, -0.1) is 0 Å². The molecule has 0 atom stereocenters. The van der Waals surface area contributed by atoms with Crippen LogP contribution in [0.2, 0.25) is 0 Å². The fraction of sp³-hybridized carbons (Fsp3) is 0.250. The molecule has 0 amide bonds. The second-order valence-electron chi connectivity index (χ2n) is 5.44. The van der Waals surface area contributed by atoms with Crippen molar-refractivity contribution in [3.05, 3.63) is 53.7 Å². The first kappa shape index (κ1) is 18.2. The Morgan fingerprint density at radius 3 is 2.65 bits per heavy atom. The highest BCUT2D eigenvalue weighted by molar-refractivity contribution is 6.21. The van der Waals surface area contributed by atoms with Crippen LogP contribution >= 0.6 is 11.6 Å². The number of halogens is 3. The Bertz CT molecular complexity index is 903. The lowest BCUT2D eigenvalue weighted by Crippen LogP contribution is -2.09. The number of ketones is 1. The molecular weight excluding hydrogens is 370 g/mol. The summed E-state index contributed by atoms with van der Waals surface area (Å²) in [6.07, 6.45) is 3.45. The summed E-state index contributed by atoms with van der Waals surface area (Å²) in [7, 11) is 1.79. The Balaban J connectivity index is 1.60. The van der Waals surface area contributed by atoms with Crippen molar-refractivity contribution in [2.75, 3.05) is 6.61 Å². The summed E-state index contributed by atoms with van der Waals surface area (Å²) in [6.45, 7) is 0.176. The van der Waals surface area contributed by atoms with E-state index in [0.29, 0.717) is 11.1 Å². The maximum absolute atomic E-state index is 12.9. The van der Waals surface area contributed by atoms with Gasteiger partial charge in [-0.3, -0.25) is 9.48 Å². The molecule has 0 aliphatic heterocycles. The number of benzene rings is 1. The van der Waals surface area contributed by atoms with Crippen LogP contribution in [0.3, 0.4) is 0 Å². The van der Waals surface area contributed by atoms with Gasteiger partial charge in [-0.25, -0.2) is 0 Å². The van der Waals surface area contributed by atoms with E-state index in [2.05, 4.69) is 19.8 Å². The van der Waals surface area contributed by atoms with Crippen LogP contribution in [-0.4, -0.2) is 32.3 Å². The Morgan fingerprint density at radius 1 is 1.35 bits per heavy atom. The Morgan fingerprint density at radius 2 is 2.08 bits per heavy atom. The maximum atomic E-state index is 12.9. The summed E-state index contributed by atoms with van der Waals surface area (Å²) in [5.41, 5.74) is 1.68.